The summed E-state index contributed by atoms with van der Waals surface area (Å²) >= 11 is 0. The Morgan fingerprint density at radius 1 is 0.852 bits per heavy atom. The van der Waals surface area contributed by atoms with Crippen LogP contribution in [0.3, 0.4) is 0 Å². The SMILES string of the molecule is COc1ccc(/C=C(\CCC[NH+]2CCCCC2)c2ccc(OC)cc2)cc1. The highest BCUT2D eigenvalue weighted by Gasteiger charge is 2.13. The molecule has 1 saturated heterocycles. The van der Waals surface area contributed by atoms with E-state index in [0.29, 0.717) is 0 Å². The second-order valence-electron chi connectivity index (χ2n) is 7.34. The van der Waals surface area contributed by atoms with Crippen molar-refractivity contribution in [3.8, 4) is 11.5 Å². The molecule has 0 bridgehead atoms. The number of likely N-dealkylation sites (tertiary alicyclic amines) is 1. The molecule has 1 aliphatic rings. The maximum atomic E-state index is 5.32. The first-order valence-corrected chi connectivity index (χ1v) is 10.1. The van der Waals surface area contributed by atoms with Crippen LogP contribution in [-0.2, 0) is 0 Å². The minimum Gasteiger partial charge on any atom is -0.497 e. The summed E-state index contributed by atoms with van der Waals surface area (Å²) in [6.45, 7) is 3.97. The Morgan fingerprint density at radius 2 is 1.44 bits per heavy atom. The fraction of sp³-hybridized carbons (Fsp3) is 0.417. The largest absolute Gasteiger partial charge is 0.497 e. The van der Waals surface area contributed by atoms with Gasteiger partial charge in [-0.2, -0.15) is 0 Å². The van der Waals surface area contributed by atoms with Crippen LogP contribution >= 0.6 is 0 Å². The molecule has 3 nitrogen and oxygen atoms in total. The van der Waals surface area contributed by atoms with E-state index in [0.717, 1.165) is 17.9 Å². The molecular formula is C24H32NO2+. The number of nitrogens with one attached hydrogen (secondary N) is 1. The van der Waals surface area contributed by atoms with Crippen LogP contribution < -0.4 is 14.4 Å². The van der Waals surface area contributed by atoms with Crippen LogP contribution in [0.1, 0.15) is 43.2 Å². The van der Waals surface area contributed by atoms with Gasteiger partial charge < -0.3 is 14.4 Å². The van der Waals surface area contributed by atoms with Gasteiger partial charge in [0.1, 0.15) is 11.5 Å². The molecule has 0 amide bonds. The van der Waals surface area contributed by atoms with E-state index < -0.39 is 0 Å². The predicted octanol–water partition coefficient (Wildman–Crippen LogP) is 4.09. The van der Waals surface area contributed by atoms with Crippen molar-refractivity contribution in [1.82, 2.24) is 0 Å². The zero-order valence-electron chi connectivity index (χ0n) is 16.7. The molecule has 3 rings (SSSR count). The molecule has 2 aromatic carbocycles. The molecule has 1 heterocycles. The smallest absolute Gasteiger partial charge is 0.118 e. The lowest BCUT2D eigenvalue weighted by atomic mass is 9.98. The van der Waals surface area contributed by atoms with E-state index in [2.05, 4.69) is 30.3 Å². The third-order valence-electron chi connectivity index (χ3n) is 5.45. The molecule has 144 valence electrons. The quantitative estimate of drug-likeness (QED) is 0.711. The van der Waals surface area contributed by atoms with Gasteiger partial charge in [0, 0.05) is 6.42 Å². The molecule has 27 heavy (non-hydrogen) atoms. The molecule has 0 aliphatic carbocycles. The number of benzene rings is 2. The lowest BCUT2D eigenvalue weighted by molar-refractivity contribution is -0.905. The number of hydrogen-bond donors (Lipinski definition) is 1. The van der Waals surface area contributed by atoms with Gasteiger partial charge in [-0.3, -0.25) is 0 Å². The van der Waals surface area contributed by atoms with Crippen molar-refractivity contribution in [1.29, 1.82) is 0 Å². The van der Waals surface area contributed by atoms with Gasteiger partial charge in [-0.05, 0) is 66.6 Å². The Balaban J connectivity index is 1.73. The minimum atomic E-state index is 0.895. The number of quaternary nitrogens is 1. The summed E-state index contributed by atoms with van der Waals surface area (Å²) in [6.07, 6.45) is 8.83. The molecule has 1 fully saturated rings. The number of piperidine rings is 1. The van der Waals surface area contributed by atoms with E-state index >= 15 is 0 Å². The van der Waals surface area contributed by atoms with Gasteiger partial charge in [0.2, 0.25) is 0 Å². The Bertz CT molecular complexity index is 713. The molecule has 1 aliphatic heterocycles. The summed E-state index contributed by atoms with van der Waals surface area (Å²) in [5.41, 5.74) is 3.88. The number of hydrogen-bond acceptors (Lipinski definition) is 2. The second-order valence-corrected chi connectivity index (χ2v) is 7.34. The van der Waals surface area contributed by atoms with Crippen LogP contribution in [0.25, 0.3) is 11.6 Å². The van der Waals surface area contributed by atoms with Crippen molar-refractivity contribution >= 4 is 11.6 Å². The fourth-order valence-electron chi connectivity index (χ4n) is 3.84. The molecule has 3 heteroatoms. The first kappa shape index (κ1) is 19.5. The van der Waals surface area contributed by atoms with Crippen molar-refractivity contribution in [3.63, 3.8) is 0 Å². The predicted molar refractivity (Wildman–Crippen MR) is 113 cm³/mol. The number of ether oxygens (including phenoxy) is 2. The zero-order valence-corrected chi connectivity index (χ0v) is 16.7. The lowest BCUT2D eigenvalue weighted by Crippen LogP contribution is -3.12. The van der Waals surface area contributed by atoms with Crippen LogP contribution in [0.5, 0.6) is 11.5 Å². The molecule has 0 spiro atoms. The summed E-state index contributed by atoms with van der Waals surface area (Å²) in [4.78, 5) is 1.78. The highest BCUT2D eigenvalue weighted by molar-refractivity contribution is 5.81. The van der Waals surface area contributed by atoms with Crippen LogP contribution in [0, 0.1) is 0 Å². The summed E-state index contributed by atoms with van der Waals surface area (Å²) in [5, 5.41) is 0. The second kappa shape index (κ2) is 10.2. The first-order valence-electron chi connectivity index (χ1n) is 10.1. The van der Waals surface area contributed by atoms with Crippen LogP contribution in [-0.4, -0.2) is 33.9 Å². The fourth-order valence-corrected chi connectivity index (χ4v) is 3.84. The molecule has 2 aromatic rings. The molecule has 0 saturated carbocycles. The first-order chi connectivity index (χ1) is 13.3. The van der Waals surface area contributed by atoms with E-state index in [1.54, 1.807) is 19.1 Å². The maximum Gasteiger partial charge on any atom is 0.118 e. The number of allylic oxidation sites excluding steroid dienone is 1. The highest BCUT2D eigenvalue weighted by Crippen LogP contribution is 2.25. The van der Waals surface area contributed by atoms with E-state index in [1.807, 2.05) is 24.3 Å². The van der Waals surface area contributed by atoms with E-state index in [9.17, 15) is 0 Å². The number of rotatable bonds is 8. The maximum absolute atomic E-state index is 5.32. The molecule has 0 atom stereocenters. The van der Waals surface area contributed by atoms with Crippen molar-refractivity contribution in [2.75, 3.05) is 33.9 Å². The Labute approximate surface area is 163 Å². The third kappa shape index (κ3) is 5.86. The monoisotopic (exact) mass is 366 g/mol. The topological polar surface area (TPSA) is 22.9 Å². The van der Waals surface area contributed by atoms with Crippen molar-refractivity contribution in [3.05, 3.63) is 59.7 Å². The molecular weight excluding hydrogens is 334 g/mol. The van der Waals surface area contributed by atoms with Gasteiger partial charge in [0.05, 0.1) is 33.9 Å². The zero-order chi connectivity index (χ0) is 18.9. The average Bonchev–Trinajstić information content (AvgIpc) is 2.74. The Hall–Kier alpha value is -2.26. The normalized spacial score (nSPS) is 15.6. The minimum absolute atomic E-state index is 0.895. The van der Waals surface area contributed by atoms with Gasteiger partial charge in [-0.1, -0.05) is 30.3 Å². The standard InChI is InChI=1S/C24H31NO2/c1-26-23-12-8-20(9-13-23)19-22(21-10-14-24(27-2)15-11-21)7-6-18-25-16-4-3-5-17-25/h8-15,19H,3-7,16-18H2,1-2H3/p+1/b22-19+. The van der Waals surface area contributed by atoms with Crippen LogP contribution in [0.15, 0.2) is 48.5 Å². The molecule has 0 radical (unpaired) electrons. The lowest BCUT2D eigenvalue weighted by Gasteiger charge is -2.23. The molecule has 1 N–H and O–H groups in total. The average molecular weight is 367 g/mol. The van der Waals surface area contributed by atoms with Gasteiger partial charge >= 0.3 is 0 Å². The van der Waals surface area contributed by atoms with E-state index in [-0.39, 0.29) is 0 Å². The van der Waals surface area contributed by atoms with Gasteiger partial charge in [0.25, 0.3) is 0 Å². The van der Waals surface area contributed by atoms with Crippen molar-refractivity contribution in [2.24, 2.45) is 0 Å². The van der Waals surface area contributed by atoms with E-state index in [4.69, 9.17) is 9.47 Å². The highest BCUT2D eigenvalue weighted by atomic mass is 16.5. The van der Waals surface area contributed by atoms with Crippen LogP contribution in [0.4, 0.5) is 0 Å². The third-order valence-corrected chi connectivity index (χ3v) is 5.45. The Morgan fingerprint density at radius 3 is 2.04 bits per heavy atom. The summed E-state index contributed by atoms with van der Waals surface area (Å²) in [6, 6.07) is 16.7. The molecule has 0 aromatic heterocycles. The summed E-state index contributed by atoms with van der Waals surface area (Å²) in [5.74, 6) is 1.80. The van der Waals surface area contributed by atoms with E-state index in [1.165, 1.54) is 62.0 Å². The van der Waals surface area contributed by atoms with Gasteiger partial charge in [-0.15, -0.1) is 0 Å². The summed E-state index contributed by atoms with van der Waals surface area (Å²) in [7, 11) is 3.42. The Kier molecular flexibility index (Phi) is 7.35. The molecule has 0 unspecified atom stereocenters. The van der Waals surface area contributed by atoms with Crippen LogP contribution in [0.2, 0.25) is 0 Å². The van der Waals surface area contributed by atoms with Crippen molar-refractivity contribution in [2.45, 2.75) is 32.1 Å². The van der Waals surface area contributed by atoms with Gasteiger partial charge in [0.15, 0.2) is 0 Å². The number of methoxy groups -OCH3 is 2. The van der Waals surface area contributed by atoms with Crippen molar-refractivity contribution < 1.29 is 14.4 Å². The van der Waals surface area contributed by atoms with Gasteiger partial charge in [-0.25, -0.2) is 0 Å². The summed E-state index contributed by atoms with van der Waals surface area (Å²) < 4.78 is 10.6.